The molecule has 0 atom stereocenters. The van der Waals surface area contributed by atoms with Gasteiger partial charge in [0.2, 0.25) is 11.8 Å². The Labute approximate surface area is 156 Å². The first-order chi connectivity index (χ1) is 12.9. The fraction of sp³-hybridized carbons (Fsp3) is 0.263. The zero-order chi connectivity index (χ0) is 19.6. The summed E-state index contributed by atoms with van der Waals surface area (Å²) in [6.45, 7) is 3.55. The van der Waals surface area contributed by atoms with E-state index in [0.29, 0.717) is 5.65 Å². The van der Waals surface area contributed by atoms with Crippen LogP contribution in [0, 0.1) is 13.8 Å². The van der Waals surface area contributed by atoms with Gasteiger partial charge in [0.25, 0.3) is 0 Å². The second-order valence-electron chi connectivity index (χ2n) is 6.41. The maximum atomic E-state index is 12.4. The van der Waals surface area contributed by atoms with Crippen LogP contribution in [-0.2, 0) is 16.1 Å². The van der Waals surface area contributed by atoms with Gasteiger partial charge in [-0.25, -0.2) is 9.48 Å². The molecule has 8 nitrogen and oxygen atoms in total. The van der Waals surface area contributed by atoms with Gasteiger partial charge in [-0.2, -0.15) is 0 Å². The summed E-state index contributed by atoms with van der Waals surface area (Å²) in [6, 6.07) is 10.8. The topological polar surface area (TPSA) is 88.7 Å². The molecule has 0 unspecified atom stereocenters. The number of pyridine rings is 1. The molecule has 1 aromatic carbocycles. The molecule has 2 amide bonds. The van der Waals surface area contributed by atoms with Crippen molar-refractivity contribution in [1.29, 1.82) is 0 Å². The Bertz CT molecular complexity index is 1070. The lowest BCUT2D eigenvalue weighted by Gasteiger charge is -2.17. The maximum Gasteiger partial charge on any atom is 0.350 e. The van der Waals surface area contributed by atoms with Gasteiger partial charge < -0.3 is 10.2 Å². The van der Waals surface area contributed by atoms with Gasteiger partial charge in [-0.15, -0.1) is 5.10 Å². The minimum absolute atomic E-state index is 0.117. The van der Waals surface area contributed by atoms with Gasteiger partial charge in [0.05, 0.1) is 6.54 Å². The number of rotatable bonds is 5. The molecular weight excluding hydrogens is 346 g/mol. The van der Waals surface area contributed by atoms with Crippen LogP contribution in [0.1, 0.15) is 11.1 Å². The minimum atomic E-state index is -0.396. The van der Waals surface area contributed by atoms with E-state index in [2.05, 4.69) is 10.4 Å². The molecule has 0 aliphatic heterocycles. The molecule has 0 saturated carbocycles. The fourth-order valence-corrected chi connectivity index (χ4v) is 2.70. The highest BCUT2D eigenvalue weighted by atomic mass is 16.2. The molecule has 3 aromatic rings. The lowest BCUT2D eigenvalue weighted by Crippen LogP contribution is -2.38. The molecule has 27 heavy (non-hydrogen) atoms. The number of hydrogen-bond acceptors (Lipinski definition) is 4. The van der Waals surface area contributed by atoms with Crippen LogP contribution >= 0.6 is 0 Å². The first-order valence-corrected chi connectivity index (χ1v) is 8.51. The Hall–Kier alpha value is -3.42. The van der Waals surface area contributed by atoms with Crippen molar-refractivity contribution in [2.24, 2.45) is 0 Å². The predicted molar refractivity (Wildman–Crippen MR) is 102 cm³/mol. The zero-order valence-corrected chi connectivity index (χ0v) is 15.5. The van der Waals surface area contributed by atoms with Crippen molar-refractivity contribution in [3.8, 4) is 0 Å². The average molecular weight is 367 g/mol. The number of amides is 2. The van der Waals surface area contributed by atoms with Crippen molar-refractivity contribution in [2.45, 2.75) is 20.4 Å². The highest BCUT2D eigenvalue weighted by Crippen LogP contribution is 2.17. The Kier molecular flexibility index (Phi) is 5.07. The van der Waals surface area contributed by atoms with Gasteiger partial charge in [-0.1, -0.05) is 18.2 Å². The molecule has 0 bridgehead atoms. The summed E-state index contributed by atoms with van der Waals surface area (Å²) < 4.78 is 2.46. The van der Waals surface area contributed by atoms with Gasteiger partial charge in [0.15, 0.2) is 5.65 Å². The Morgan fingerprint density at radius 3 is 2.67 bits per heavy atom. The van der Waals surface area contributed by atoms with Crippen molar-refractivity contribution in [3.63, 3.8) is 0 Å². The van der Waals surface area contributed by atoms with Crippen LogP contribution < -0.4 is 11.0 Å². The van der Waals surface area contributed by atoms with Crippen molar-refractivity contribution >= 4 is 23.1 Å². The SMILES string of the molecule is Cc1cccc(NC(=O)CN(C)C(=O)Cn2nc3ccccn3c2=O)c1C. The van der Waals surface area contributed by atoms with Crippen molar-refractivity contribution in [2.75, 3.05) is 18.9 Å². The minimum Gasteiger partial charge on any atom is -0.335 e. The Balaban J connectivity index is 1.64. The standard InChI is InChI=1S/C19H21N5O3/c1-13-7-6-8-15(14(13)2)20-17(25)11-22(3)18(26)12-24-19(27)23-10-5-4-9-16(23)21-24/h4-10H,11-12H2,1-3H3,(H,20,25). The molecule has 2 aromatic heterocycles. The predicted octanol–water partition coefficient (Wildman–Crippen LogP) is 1.21. The highest BCUT2D eigenvalue weighted by molar-refractivity contribution is 5.95. The summed E-state index contributed by atoms with van der Waals surface area (Å²) in [4.78, 5) is 38.2. The fourth-order valence-electron chi connectivity index (χ4n) is 2.70. The van der Waals surface area contributed by atoms with Gasteiger partial charge in [0, 0.05) is 18.9 Å². The number of likely N-dealkylation sites (N-methyl/N-ethyl adjacent to an activating group) is 1. The van der Waals surface area contributed by atoms with Crippen molar-refractivity contribution < 1.29 is 9.59 Å². The molecular formula is C19H21N5O3. The molecule has 3 rings (SSSR count). The molecule has 0 spiro atoms. The largest absolute Gasteiger partial charge is 0.350 e. The van der Waals surface area contributed by atoms with Crippen LogP contribution in [0.5, 0.6) is 0 Å². The van der Waals surface area contributed by atoms with Gasteiger partial charge in [-0.3, -0.25) is 14.0 Å². The van der Waals surface area contributed by atoms with E-state index in [-0.39, 0.29) is 24.9 Å². The Morgan fingerprint density at radius 2 is 1.93 bits per heavy atom. The molecule has 2 heterocycles. The number of anilines is 1. The summed E-state index contributed by atoms with van der Waals surface area (Å²) in [5, 5.41) is 6.93. The van der Waals surface area contributed by atoms with E-state index < -0.39 is 5.69 Å². The van der Waals surface area contributed by atoms with Crippen molar-refractivity contribution in [3.05, 3.63) is 64.2 Å². The summed E-state index contributed by atoms with van der Waals surface area (Å²) >= 11 is 0. The number of carbonyl (C=O) groups is 2. The third-order valence-electron chi connectivity index (χ3n) is 4.46. The number of nitrogens with one attached hydrogen (secondary N) is 1. The quantitative estimate of drug-likeness (QED) is 0.734. The zero-order valence-electron chi connectivity index (χ0n) is 15.5. The number of aryl methyl sites for hydroxylation is 1. The second kappa shape index (κ2) is 7.45. The van der Waals surface area contributed by atoms with Crippen molar-refractivity contribution in [1.82, 2.24) is 19.1 Å². The highest BCUT2D eigenvalue weighted by Gasteiger charge is 2.17. The first-order valence-electron chi connectivity index (χ1n) is 8.51. The third kappa shape index (κ3) is 3.89. The number of nitrogens with zero attached hydrogens (tertiary/aromatic N) is 4. The number of fused-ring (bicyclic) bond motifs is 1. The lowest BCUT2D eigenvalue weighted by atomic mass is 10.1. The third-order valence-corrected chi connectivity index (χ3v) is 4.46. The molecule has 0 saturated heterocycles. The summed E-state index contributed by atoms with van der Waals surface area (Å²) in [5.41, 5.74) is 2.84. The summed E-state index contributed by atoms with van der Waals surface area (Å²) in [5.74, 6) is -0.682. The van der Waals surface area contributed by atoms with Gasteiger partial charge in [0.1, 0.15) is 6.54 Å². The van der Waals surface area contributed by atoms with E-state index in [9.17, 15) is 14.4 Å². The number of aromatic nitrogens is 3. The molecule has 140 valence electrons. The first kappa shape index (κ1) is 18.4. The van der Waals surface area contributed by atoms with Crippen LogP contribution in [0.15, 0.2) is 47.4 Å². The van der Waals surface area contributed by atoms with E-state index in [4.69, 9.17) is 0 Å². The molecule has 0 aliphatic carbocycles. The molecule has 0 radical (unpaired) electrons. The molecule has 0 fully saturated rings. The number of benzene rings is 1. The second-order valence-corrected chi connectivity index (χ2v) is 6.41. The van der Waals surface area contributed by atoms with Crippen LogP contribution in [0.4, 0.5) is 5.69 Å². The van der Waals surface area contributed by atoms with E-state index in [0.717, 1.165) is 21.5 Å². The smallest absolute Gasteiger partial charge is 0.335 e. The van der Waals surface area contributed by atoms with Crippen LogP contribution in [0.25, 0.3) is 5.65 Å². The van der Waals surface area contributed by atoms with E-state index >= 15 is 0 Å². The van der Waals surface area contributed by atoms with Crippen LogP contribution in [0.3, 0.4) is 0 Å². The number of carbonyl (C=O) groups excluding carboxylic acids is 2. The summed E-state index contributed by atoms with van der Waals surface area (Å²) in [6.07, 6.45) is 1.59. The molecule has 0 aliphatic rings. The number of hydrogen-bond donors (Lipinski definition) is 1. The monoisotopic (exact) mass is 367 g/mol. The van der Waals surface area contributed by atoms with E-state index in [1.165, 1.54) is 16.3 Å². The molecule has 1 N–H and O–H groups in total. The maximum absolute atomic E-state index is 12.4. The molecule has 8 heteroatoms. The Morgan fingerprint density at radius 1 is 1.15 bits per heavy atom. The van der Waals surface area contributed by atoms with Crippen LogP contribution in [0.2, 0.25) is 0 Å². The van der Waals surface area contributed by atoms with Gasteiger partial charge >= 0.3 is 5.69 Å². The van der Waals surface area contributed by atoms with E-state index in [1.54, 1.807) is 24.4 Å². The van der Waals surface area contributed by atoms with E-state index in [1.807, 2.05) is 32.0 Å². The average Bonchev–Trinajstić information content (AvgIpc) is 2.95. The lowest BCUT2D eigenvalue weighted by molar-refractivity contribution is -0.134. The summed E-state index contributed by atoms with van der Waals surface area (Å²) in [7, 11) is 1.52. The van der Waals surface area contributed by atoms with Crippen LogP contribution in [-0.4, -0.2) is 44.5 Å². The van der Waals surface area contributed by atoms with Gasteiger partial charge in [-0.05, 0) is 43.2 Å². The normalized spacial score (nSPS) is 10.8.